The molecular formula is C20H18Cl2N4O. The van der Waals surface area contributed by atoms with E-state index in [1.807, 2.05) is 30.5 Å². The van der Waals surface area contributed by atoms with Crippen molar-refractivity contribution in [2.75, 3.05) is 18.0 Å². The van der Waals surface area contributed by atoms with E-state index in [2.05, 4.69) is 20.2 Å². The van der Waals surface area contributed by atoms with E-state index in [0.29, 0.717) is 10.6 Å². The molecule has 1 aromatic carbocycles. The van der Waals surface area contributed by atoms with E-state index in [9.17, 15) is 4.79 Å². The standard InChI is InChI=1S/C20H18Cl2N4O/c21-13-3-4-15-17(12-13)23-9-5-18(15)26-10-6-14(7-11-26)25-20(27)16-2-1-8-24-19(16)22/h1-5,8-9,12,14H,6-7,10-11H2,(H,25,27). The fourth-order valence-corrected chi connectivity index (χ4v) is 3.84. The Morgan fingerprint density at radius 2 is 1.89 bits per heavy atom. The zero-order chi connectivity index (χ0) is 18.8. The lowest BCUT2D eigenvalue weighted by Crippen LogP contribution is -2.44. The number of amides is 1. The molecule has 2 aromatic heterocycles. The number of aromatic nitrogens is 2. The summed E-state index contributed by atoms with van der Waals surface area (Å²) in [7, 11) is 0. The molecule has 0 radical (unpaired) electrons. The minimum atomic E-state index is -0.171. The molecule has 1 saturated heterocycles. The highest BCUT2D eigenvalue weighted by Gasteiger charge is 2.23. The molecule has 3 aromatic rings. The average molecular weight is 401 g/mol. The highest BCUT2D eigenvalue weighted by Crippen LogP contribution is 2.29. The number of carbonyl (C=O) groups excluding carboxylic acids is 1. The van der Waals surface area contributed by atoms with Crippen molar-refractivity contribution < 1.29 is 4.79 Å². The van der Waals surface area contributed by atoms with Crippen molar-refractivity contribution in [2.45, 2.75) is 18.9 Å². The summed E-state index contributed by atoms with van der Waals surface area (Å²) in [5.41, 5.74) is 2.46. The maximum absolute atomic E-state index is 12.4. The van der Waals surface area contributed by atoms with Crippen LogP contribution in [0.2, 0.25) is 10.2 Å². The van der Waals surface area contributed by atoms with Crippen LogP contribution in [0, 0.1) is 0 Å². The first kappa shape index (κ1) is 18.0. The maximum Gasteiger partial charge on any atom is 0.254 e. The van der Waals surface area contributed by atoms with Crippen LogP contribution in [0.3, 0.4) is 0 Å². The molecule has 1 aliphatic rings. The van der Waals surface area contributed by atoms with Gasteiger partial charge in [0.15, 0.2) is 0 Å². The molecule has 0 unspecified atom stereocenters. The zero-order valence-electron chi connectivity index (χ0n) is 14.5. The number of hydrogen-bond acceptors (Lipinski definition) is 4. The first-order valence-electron chi connectivity index (χ1n) is 8.82. The van der Waals surface area contributed by atoms with Crippen LogP contribution in [0.15, 0.2) is 48.8 Å². The Morgan fingerprint density at radius 1 is 1.07 bits per heavy atom. The van der Waals surface area contributed by atoms with E-state index >= 15 is 0 Å². The van der Waals surface area contributed by atoms with Crippen LogP contribution in [-0.4, -0.2) is 35.0 Å². The molecule has 0 bridgehead atoms. The summed E-state index contributed by atoms with van der Waals surface area (Å²) in [6, 6.07) is 11.3. The normalized spacial score (nSPS) is 15.1. The average Bonchev–Trinajstić information content (AvgIpc) is 2.68. The summed E-state index contributed by atoms with van der Waals surface area (Å²) in [4.78, 5) is 23.1. The van der Waals surface area contributed by atoms with E-state index in [0.717, 1.165) is 42.5 Å². The van der Waals surface area contributed by atoms with Gasteiger partial charge in [-0.25, -0.2) is 4.98 Å². The van der Waals surface area contributed by atoms with Crippen LogP contribution in [-0.2, 0) is 0 Å². The van der Waals surface area contributed by atoms with Crippen molar-refractivity contribution in [3.05, 3.63) is 64.5 Å². The molecule has 1 fully saturated rings. The lowest BCUT2D eigenvalue weighted by molar-refractivity contribution is 0.0931. The second-order valence-corrected chi connectivity index (χ2v) is 7.36. The van der Waals surface area contributed by atoms with Crippen LogP contribution in [0.25, 0.3) is 10.9 Å². The lowest BCUT2D eigenvalue weighted by Gasteiger charge is -2.34. The summed E-state index contributed by atoms with van der Waals surface area (Å²) in [5.74, 6) is -0.171. The Bertz CT molecular complexity index is 987. The Morgan fingerprint density at radius 3 is 2.67 bits per heavy atom. The minimum Gasteiger partial charge on any atom is -0.371 e. The number of hydrogen-bond donors (Lipinski definition) is 1. The highest BCUT2D eigenvalue weighted by atomic mass is 35.5. The number of halogens is 2. The third-order valence-electron chi connectivity index (χ3n) is 4.86. The minimum absolute atomic E-state index is 0.118. The monoisotopic (exact) mass is 400 g/mol. The van der Waals surface area contributed by atoms with Gasteiger partial charge in [-0.2, -0.15) is 0 Å². The van der Waals surface area contributed by atoms with Crippen LogP contribution in [0.1, 0.15) is 23.2 Å². The number of nitrogens with one attached hydrogen (secondary N) is 1. The van der Waals surface area contributed by atoms with Gasteiger partial charge in [-0.15, -0.1) is 0 Å². The second kappa shape index (κ2) is 7.71. The fourth-order valence-electron chi connectivity index (χ4n) is 3.47. The number of rotatable bonds is 3. The highest BCUT2D eigenvalue weighted by molar-refractivity contribution is 6.32. The first-order chi connectivity index (χ1) is 13.1. The number of pyridine rings is 2. The molecule has 1 N–H and O–H groups in total. The predicted octanol–water partition coefficient (Wildman–Crippen LogP) is 4.34. The summed E-state index contributed by atoms with van der Waals surface area (Å²) in [6.45, 7) is 1.71. The van der Waals surface area contributed by atoms with Crippen LogP contribution < -0.4 is 10.2 Å². The van der Waals surface area contributed by atoms with Crippen molar-refractivity contribution in [1.82, 2.24) is 15.3 Å². The quantitative estimate of drug-likeness (QED) is 0.664. The first-order valence-corrected chi connectivity index (χ1v) is 9.58. The van der Waals surface area contributed by atoms with Gasteiger partial charge in [-0.3, -0.25) is 9.78 Å². The molecular weight excluding hydrogens is 383 g/mol. The fraction of sp³-hybridized carbons (Fsp3) is 0.250. The number of carbonyl (C=O) groups is 1. The summed E-state index contributed by atoms with van der Waals surface area (Å²) < 4.78 is 0. The molecule has 138 valence electrons. The van der Waals surface area contributed by atoms with E-state index in [4.69, 9.17) is 23.2 Å². The topological polar surface area (TPSA) is 58.1 Å². The van der Waals surface area contributed by atoms with Crippen molar-refractivity contribution >= 4 is 45.7 Å². The van der Waals surface area contributed by atoms with Gasteiger partial charge in [-0.05, 0) is 49.2 Å². The van der Waals surface area contributed by atoms with Crippen molar-refractivity contribution in [1.29, 1.82) is 0 Å². The van der Waals surface area contributed by atoms with Gasteiger partial charge in [-0.1, -0.05) is 23.2 Å². The van der Waals surface area contributed by atoms with E-state index in [1.165, 1.54) is 0 Å². The van der Waals surface area contributed by atoms with Crippen LogP contribution >= 0.6 is 23.2 Å². The van der Waals surface area contributed by atoms with Gasteiger partial charge in [0.25, 0.3) is 5.91 Å². The largest absolute Gasteiger partial charge is 0.371 e. The molecule has 3 heterocycles. The van der Waals surface area contributed by atoms with Gasteiger partial charge in [0.2, 0.25) is 0 Å². The van der Waals surface area contributed by atoms with Gasteiger partial charge < -0.3 is 10.2 Å². The van der Waals surface area contributed by atoms with Crippen molar-refractivity contribution in [2.24, 2.45) is 0 Å². The number of nitrogens with zero attached hydrogens (tertiary/aromatic N) is 3. The molecule has 0 atom stereocenters. The lowest BCUT2D eigenvalue weighted by atomic mass is 10.0. The Hall–Kier alpha value is -2.37. The maximum atomic E-state index is 12.4. The number of fused-ring (bicyclic) bond motifs is 1. The Balaban J connectivity index is 1.44. The second-order valence-electron chi connectivity index (χ2n) is 6.57. The molecule has 4 rings (SSSR count). The summed E-state index contributed by atoms with van der Waals surface area (Å²) in [5, 5.41) is 5.08. The summed E-state index contributed by atoms with van der Waals surface area (Å²) >= 11 is 12.1. The molecule has 0 saturated carbocycles. The van der Waals surface area contributed by atoms with E-state index in [-0.39, 0.29) is 17.1 Å². The molecule has 1 amide bonds. The summed E-state index contributed by atoms with van der Waals surface area (Å²) in [6.07, 6.45) is 5.11. The number of piperidine rings is 1. The molecule has 1 aliphatic heterocycles. The molecule has 7 heteroatoms. The third-order valence-corrected chi connectivity index (χ3v) is 5.39. The van der Waals surface area contributed by atoms with Crippen molar-refractivity contribution in [3.8, 4) is 0 Å². The van der Waals surface area contributed by atoms with E-state index in [1.54, 1.807) is 18.3 Å². The van der Waals surface area contributed by atoms with Gasteiger partial charge in [0.1, 0.15) is 5.15 Å². The van der Waals surface area contributed by atoms with Crippen molar-refractivity contribution in [3.63, 3.8) is 0 Å². The Labute approximate surface area is 167 Å². The van der Waals surface area contributed by atoms with Gasteiger partial charge >= 0.3 is 0 Å². The van der Waals surface area contributed by atoms with Gasteiger partial charge in [0.05, 0.1) is 11.1 Å². The van der Waals surface area contributed by atoms with E-state index < -0.39 is 0 Å². The SMILES string of the molecule is O=C(NC1CCN(c2ccnc3cc(Cl)ccc23)CC1)c1cccnc1Cl. The van der Waals surface area contributed by atoms with Crippen LogP contribution in [0.5, 0.6) is 0 Å². The zero-order valence-corrected chi connectivity index (χ0v) is 16.0. The molecule has 5 nitrogen and oxygen atoms in total. The smallest absolute Gasteiger partial charge is 0.254 e. The number of anilines is 1. The molecule has 0 aliphatic carbocycles. The molecule has 27 heavy (non-hydrogen) atoms. The number of benzene rings is 1. The molecule has 0 spiro atoms. The predicted molar refractivity (Wildman–Crippen MR) is 109 cm³/mol. The van der Waals surface area contributed by atoms with Gasteiger partial charge in [0, 0.05) is 47.6 Å². The Kier molecular flexibility index (Phi) is 5.14. The third kappa shape index (κ3) is 3.84. The van der Waals surface area contributed by atoms with Crippen LogP contribution in [0.4, 0.5) is 5.69 Å².